The summed E-state index contributed by atoms with van der Waals surface area (Å²) in [5.74, 6) is 0.583. The highest BCUT2D eigenvalue weighted by Gasteiger charge is 2.27. The summed E-state index contributed by atoms with van der Waals surface area (Å²) in [7, 11) is 0. The van der Waals surface area contributed by atoms with E-state index in [0.717, 1.165) is 11.3 Å². The van der Waals surface area contributed by atoms with Gasteiger partial charge in [0, 0.05) is 11.3 Å². The van der Waals surface area contributed by atoms with Crippen LogP contribution in [0.5, 0.6) is 0 Å². The first-order chi connectivity index (χ1) is 10.0. The van der Waals surface area contributed by atoms with Gasteiger partial charge >= 0.3 is 6.03 Å². The summed E-state index contributed by atoms with van der Waals surface area (Å²) in [4.78, 5) is 16.3. The third-order valence-corrected chi connectivity index (χ3v) is 4.93. The lowest BCUT2D eigenvalue weighted by Crippen LogP contribution is -2.40. The number of amides is 2. The van der Waals surface area contributed by atoms with E-state index in [9.17, 15) is 9.90 Å². The number of urea groups is 1. The SMILES string of the molecule is CC(O)(CNC(=O)Nc1nc(C2CC2)cs1)c1ccsc1. The van der Waals surface area contributed by atoms with E-state index in [1.165, 1.54) is 35.5 Å². The molecule has 5 nitrogen and oxygen atoms in total. The van der Waals surface area contributed by atoms with Crippen LogP contribution in [0.3, 0.4) is 0 Å². The normalized spacial score (nSPS) is 17.2. The summed E-state index contributed by atoms with van der Waals surface area (Å²) < 4.78 is 0. The Morgan fingerprint density at radius 2 is 2.33 bits per heavy atom. The number of thiophene rings is 1. The van der Waals surface area contributed by atoms with Gasteiger partial charge in [0.25, 0.3) is 0 Å². The van der Waals surface area contributed by atoms with E-state index in [4.69, 9.17) is 0 Å². The maximum atomic E-state index is 11.9. The molecule has 1 fully saturated rings. The molecular weight excluding hydrogens is 306 g/mol. The summed E-state index contributed by atoms with van der Waals surface area (Å²) in [6, 6.07) is 1.51. The number of carbonyl (C=O) groups is 1. The Balaban J connectivity index is 1.51. The first-order valence-electron chi connectivity index (χ1n) is 6.80. The van der Waals surface area contributed by atoms with Crippen LogP contribution in [0.25, 0.3) is 0 Å². The van der Waals surface area contributed by atoms with Crippen molar-refractivity contribution in [2.45, 2.75) is 31.3 Å². The van der Waals surface area contributed by atoms with Gasteiger partial charge in [-0.25, -0.2) is 9.78 Å². The molecule has 3 N–H and O–H groups in total. The Morgan fingerprint density at radius 1 is 1.52 bits per heavy atom. The summed E-state index contributed by atoms with van der Waals surface area (Å²) >= 11 is 2.95. The molecule has 21 heavy (non-hydrogen) atoms. The molecule has 1 atom stereocenters. The second-order valence-electron chi connectivity index (χ2n) is 5.45. The second-order valence-corrected chi connectivity index (χ2v) is 7.08. The molecule has 3 rings (SSSR count). The first kappa shape index (κ1) is 14.5. The largest absolute Gasteiger partial charge is 0.384 e. The zero-order chi connectivity index (χ0) is 14.9. The van der Waals surface area contributed by atoms with Gasteiger partial charge in [0.15, 0.2) is 5.13 Å². The summed E-state index contributed by atoms with van der Waals surface area (Å²) in [6.07, 6.45) is 2.39. The first-order valence-corrected chi connectivity index (χ1v) is 8.62. The lowest BCUT2D eigenvalue weighted by molar-refractivity contribution is 0.0604. The zero-order valence-electron chi connectivity index (χ0n) is 11.6. The van der Waals surface area contributed by atoms with E-state index in [-0.39, 0.29) is 12.6 Å². The summed E-state index contributed by atoms with van der Waals surface area (Å²) in [5.41, 5.74) is 0.804. The average Bonchev–Trinajstić information content (AvgIpc) is 2.96. The molecule has 0 radical (unpaired) electrons. The summed E-state index contributed by atoms with van der Waals surface area (Å²) in [5, 5.41) is 22.1. The minimum absolute atomic E-state index is 0.149. The van der Waals surface area contributed by atoms with E-state index in [0.29, 0.717) is 11.0 Å². The van der Waals surface area contributed by atoms with Gasteiger partial charge in [-0.2, -0.15) is 11.3 Å². The molecule has 1 unspecified atom stereocenters. The van der Waals surface area contributed by atoms with Crippen molar-refractivity contribution in [1.82, 2.24) is 10.3 Å². The van der Waals surface area contributed by atoms with Gasteiger partial charge in [0.05, 0.1) is 12.2 Å². The lowest BCUT2D eigenvalue weighted by Gasteiger charge is -2.22. The van der Waals surface area contributed by atoms with E-state index >= 15 is 0 Å². The Morgan fingerprint density at radius 3 is 3.00 bits per heavy atom. The van der Waals surface area contributed by atoms with Crippen molar-refractivity contribution in [3.05, 3.63) is 33.5 Å². The molecule has 0 aliphatic heterocycles. The van der Waals surface area contributed by atoms with Crippen molar-refractivity contribution >= 4 is 33.8 Å². The minimum Gasteiger partial charge on any atom is -0.384 e. The maximum Gasteiger partial charge on any atom is 0.321 e. The summed E-state index contributed by atoms with van der Waals surface area (Å²) in [6.45, 7) is 1.83. The number of hydrogen-bond acceptors (Lipinski definition) is 5. The van der Waals surface area contributed by atoms with E-state index in [1.807, 2.05) is 22.2 Å². The fourth-order valence-electron chi connectivity index (χ4n) is 1.98. The number of anilines is 1. The van der Waals surface area contributed by atoms with Crippen LogP contribution in [0, 0.1) is 0 Å². The standard InChI is InChI=1S/C14H17N3O2S2/c1-14(19,10-4-5-20-6-10)8-15-12(18)17-13-16-11(7-21-13)9-2-3-9/h4-7,9,19H,2-3,8H2,1H3,(H2,15,16,17,18). The molecule has 112 valence electrons. The Labute approximate surface area is 131 Å². The molecule has 1 aliphatic carbocycles. The average molecular weight is 323 g/mol. The van der Waals surface area contributed by atoms with E-state index in [1.54, 1.807) is 6.92 Å². The quantitative estimate of drug-likeness (QED) is 0.791. The van der Waals surface area contributed by atoms with E-state index in [2.05, 4.69) is 15.6 Å². The van der Waals surface area contributed by atoms with Gasteiger partial charge < -0.3 is 10.4 Å². The van der Waals surface area contributed by atoms with Crippen LogP contribution in [-0.2, 0) is 5.60 Å². The topological polar surface area (TPSA) is 74.2 Å². The molecular formula is C14H17N3O2S2. The Bertz CT molecular complexity index is 618. The number of nitrogens with one attached hydrogen (secondary N) is 2. The Hall–Kier alpha value is -1.44. The van der Waals surface area contributed by atoms with Crippen molar-refractivity contribution in [2.24, 2.45) is 0 Å². The van der Waals surface area contributed by atoms with Crippen molar-refractivity contribution < 1.29 is 9.90 Å². The van der Waals surface area contributed by atoms with Gasteiger partial charge in [-0.3, -0.25) is 5.32 Å². The lowest BCUT2D eigenvalue weighted by atomic mass is 9.99. The monoisotopic (exact) mass is 323 g/mol. The van der Waals surface area contributed by atoms with Crippen LogP contribution >= 0.6 is 22.7 Å². The van der Waals surface area contributed by atoms with Crippen LogP contribution < -0.4 is 10.6 Å². The highest BCUT2D eigenvalue weighted by atomic mass is 32.1. The second kappa shape index (κ2) is 5.75. The van der Waals surface area contributed by atoms with Crippen molar-refractivity contribution in [3.63, 3.8) is 0 Å². The number of aromatic nitrogens is 1. The van der Waals surface area contributed by atoms with Gasteiger partial charge in [0.1, 0.15) is 5.60 Å². The van der Waals surface area contributed by atoms with Crippen LogP contribution in [-0.4, -0.2) is 22.7 Å². The van der Waals surface area contributed by atoms with Crippen LogP contribution in [0.4, 0.5) is 9.93 Å². The molecule has 2 heterocycles. The van der Waals surface area contributed by atoms with Crippen molar-refractivity contribution in [1.29, 1.82) is 0 Å². The number of rotatable bonds is 5. The third kappa shape index (κ3) is 3.61. The minimum atomic E-state index is -1.07. The highest BCUT2D eigenvalue weighted by Crippen LogP contribution is 2.40. The molecule has 1 aliphatic rings. The predicted molar refractivity (Wildman–Crippen MR) is 85.0 cm³/mol. The Kier molecular flexibility index (Phi) is 3.97. The van der Waals surface area contributed by atoms with Gasteiger partial charge in [-0.15, -0.1) is 11.3 Å². The maximum absolute atomic E-state index is 11.9. The third-order valence-electron chi connectivity index (χ3n) is 3.47. The molecule has 0 bridgehead atoms. The molecule has 2 aromatic rings. The number of thiazole rings is 1. The van der Waals surface area contributed by atoms with Crippen molar-refractivity contribution in [3.8, 4) is 0 Å². The molecule has 2 amide bonds. The van der Waals surface area contributed by atoms with Crippen LogP contribution in [0.1, 0.15) is 36.9 Å². The van der Waals surface area contributed by atoms with Crippen molar-refractivity contribution in [2.75, 3.05) is 11.9 Å². The fraction of sp³-hybridized carbons (Fsp3) is 0.429. The fourth-order valence-corrected chi connectivity index (χ4v) is 3.55. The van der Waals surface area contributed by atoms with Gasteiger partial charge in [0.2, 0.25) is 0 Å². The number of nitrogens with zero attached hydrogens (tertiary/aromatic N) is 1. The number of carbonyl (C=O) groups excluding carboxylic acids is 1. The van der Waals surface area contributed by atoms with Crippen LogP contribution in [0.15, 0.2) is 22.2 Å². The van der Waals surface area contributed by atoms with Gasteiger partial charge in [-0.1, -0.05) is 0 Å². The highest BCUT2D eigenvalue weighted by molar-refractivity contribution is 7.13. The molecule has 0 spiro atoms. The molecule has 7 heteroatoms. The molecule has 0 saturated heterocycles. The predicted octanol–water partition coefficient (Wildman–Crippen LogP) is 3.11. The van der Waals surface area contributed by atoms with Crippen LogP contribution in [0.2, 0.25) is 0 Å². The molecule has 2 aromatic heterocycles. The molecule has 0 aromatic carbocycles. The van der Waals surface area contributed by atoms with E-state index < -0.39 is 5.60 Å². The number of aliphatic hydroxyl groups is 1. The smallest absolute Gasteiger partial charge is 0.321 e. The number of hydrogen-bond donors (Lipinski definition) is 3. The molecule has 1 saturated carbocycles. The van der Waals surface area contributed by atoms with Gasteiger partial charge in [-0.05, 0) is 42.2 Å². The zero-order valence-corrected chi connectivity index (χ0v) is 13.3.